The second kappa shape index (κ2) is 8.99. The van der Waals surface area contributed by atoms with Gasteiger partial charge < -0.3 is 20.7 Å². The Morgan fingerprint density at radius 2 is 1.81 bits per heavy atom. The molecule has 0 atom stereocenters. The second-order valence-electron chi connectivity index (χ2n) is 7.49. The number of rotatable bonds is 9. The Balaban J connectivity index is 1.32. The Bertz CT molecular complexity index is 1050. The maximum absolute atomic E-state index is 12.9. The number of nitrogens with one attached hydrogen (secondary N) is 3. The standard InChI is InChI=1S/C23H26N6O2/c1-16-27-20(15-21(28-16)29-19-9-5-6-12-24-19)25-13-14-26-22(30)23(10-11-23)17-7-3-4-8-18(17)31-2/h3-9,12,15H,10-11,13-14H2,1-2H3,(H,26,30)(H2,24,25,27,28,29). The Morgan fingerprint density at radius 3 is 2.55 bits per heavy atom. The van der Waals surface area contributed by atoms with Gasteiger partial charge in [-0.1, -0.05) is 24.3 Å². The minimum atomic E-state index is -0.474. The number of para-hydroxylation sites is 1. The van der Waals surface area contributed by atoms with E-state index in [0.717, 1.165) is 24.2 Å². The van der Waals surface area contributed by atoms with Crippen molar-refractivity contribution >= 4 is 23.4 Å². The average Bonchev–Trinajstić information content (AvgIpc) is 3.59. The number of anilines is 3. The number of carbonyl (C=O) groups excluding carboxylic acids is 1. The topological polar surface area (TPSA) is 101 Å². The third-order valence-corrected chi connectivity index (χ3v) is 5.28. The van der Waals surface area contributed by atoms with Gasteiger partial charge in [-0.3, -0.25) is 4.79 Å². The monoisotopic (exact) mass is 418 g/mol. The van der Waals surface area contributed by atoms with E-state index in [2.05, 4.69) is 30.9 Å². The first-order valence-corrected chi connectivity index (χ1v) is 10.3. The highest BCUT2D eigenvalue weighted by atomic mass is 16.5. The van der Waals surface area contributed by atoms with Crippen molar-refractivity contribution in [2.24, 2.45) is 0 Å². The maximum atomic E-state index is 12.9. The lowest BCUT2D eigenvalue weighted by Gasteiger charge is -2.18. The lowest BCUT2D eigenvalue weighted by atomic mass is 9.94. The Morgan fingerprint density at radius 1 is 1.03 bits per heavy atom. The smallest absolute Gasteiger partial charge is 0.230 e. The summed E-state index contributed by atoms with van der Waals surface area (Å²) in [4.78, 5) is 25.9. The molecule has 0 unspecified atom stereocenters. The first kappa shape index (κ1) is 20.6. The fourth-order valence-corrected chi connectivity index (χ4v) is 3.61. The quantitative estimate of drug-likeness (QED) is 0.459. The van der Waals surface area contributed by atoms with Crippen molar-refractivity contribution in [2.75, 3.05) is 30.8 Å². The molecule has 31 heavy (non-hydrogen) atoms. The summed E-state index contributed by atoms with van der Waals surface area (Å²) in [5.41, 5.74) is 0.484. The number of amides is 1. The fourth-order valence-electron chi connectivity index (χ4n) is 3.61. The van der Waals surface area contributed by atoms with Gasteiger partial charge in [-0.25, -0.2) is 15.0 Å². The number of pyridine rings is 1. The Labute approximate surface area is 181 Å². The zero-order chi connectivity index (χ0) is 21.7. The van der Waals surface area contributed by atoms with Crippen molar-refractivity contribution < 1.29 is 9.53 Å². The van der Waals surface area contributed by atoms with E-state index in [9.17, 15) is 4.79 Å². The van der Waals surface area contributed by atoms with Crippen LogP contribution in [0, 0.1) is 6.92 Å². The molecule has 1 saturated carbocycles. The van der Waals surface area contributed by atoms with Crippen molar-refractivity contribution in [3.63, 3.8) is 0 Å². The normalized spacial score (nSPS) is 13.9. The van der Waals surface area contributed by atoms with Crippen LogP contribution in [0.25, 0.3) is 0 Å². The number of benzene rings is 1. The molecule has 1 aliphatic rings. The van der Waals surface area contributed by atoms with E-state index in [1.807, 2.05) is 55.5 Å². The molecule has 160 valence electrons. The number of methoxy groups -OCH3 is 1. The summed E-state index contributed by atoms with van der Waals surface area (Å²) in [5.74, 6) is 3.50. The molecular weight excluding hydrogens is 392 g/mol. The highest BCUT2D eigenvalue weighted by Crippen LogP contribution is 2.51. The Kier molecular flexibility index (Phi) is 5.97. The van der Waals surface area contributed by atoms with E-state index in [-0.39, 0.29) is 5.91 Å². The van der Waals surface area contributed by atoms with Gasteiger partial charge in [0, 0.05) is 30.9 Å². The van der Waals surface area contributed by atoms with Gasteiger partial charge >= 0.3 is 0 Å². The molecule has 2 aromatic heterocycles. The molecule has 0 radical (unpaired) electrons. The highest BCUT2D eigenvalue weighted by molar-refractivity contribution is 5.92. The third kappa shape index (κ3) is 4.74. The molecule has 0 bridgehead atoms. The molecule has 0 aliphatic heterocycles. The van der Waals surface area contributed by atoms with Crippen molar-refractivity contribution in [2.45, 2.75) is 25.2 Å². The van der Waals surface area contributed by atoms with E-state index < -0.39 is 5.41 Å². The molecule has 0 spiro atoms. The molecule has 8 nitrogen and oxygen atoms in total. The molecule has 2 heterocycles. The van der Waals surface area contributed by atoms with Crippen LogP contribution in [0.15, 0.2) is 54.7 Å². The number of hydrogen-bond acceptors (Lipinski definition) is 7. The van der Waals surface area contributed by atoms with E-state index in [0.29, 0.717) is 36.4 Å². The van der Waals surface area contributed by atoms with E-state index in [1.54, 1.807) is 13.3 Å². The zero-order valence-corrected chi connectivity index (χ0v) is 17.7. The summed E-state index contributed by atoms with van der Waals surface area (Å²) in [6.45, 7) is 2.87. The van der Waals surface area contributed by atoms with Crippen LogP contribution in [0.2, 0.25) is 0 Å². The largest absolute Gasteiger partial charge is 0.496 e. The predicted octanol–water partition coefficient (Wildman–Crippen LogP) is 3.19. The van der Waals surface area contributed by atoms with Gasteiger partial charge in [0.15, 0.2) is 0 Å². The summed E-state index contributed by atoms with van der Waals surface area (Å²) < 4.78 is 5.45. The fraction of sp³-hybridized carbons (Fsp3) is 0.304. The molecule has 1 amide bonds. The SMILES string of the molecule is COc1ccccc1C1(C(=O)NCCNc2cc(Nc3ccccn3)nc(C)n2)CC1. The van der Waals surface area contributed by atoms with Crippen molar-refractivity contribution in [3.05, 3.63) is 66.1 Å². The first-order chi connectivity index (χ1) is 15.1. The van der Waals surface area contributed by atoms with Crippen LogP contribution in [-0.2, 0) is 10.2 Å². The molecule has 0 saturated heterocycles. The highest BCUT2D eigenvalue weighted by Gasteiger charge is 2.52. The van der Waals surface area contributed by atoms with Crippen LogP contribution >= 0.6 is 0 Å². The van der Waals surface area contributed by atoms with Crippen LogP contribution in [0.1, 0.15) is 24.2 Å². The number of aryl methyl sites for hydroxylation is 1. The molecule has 4 rings (SSSR count). The van der Waals surface area contributed by atoms with Crippen LogP contribution in [0.4, 0.5) is 17.5 Å². The summed E-state index contributed by atoms with van der Waals surface area (Å²) in [6.07, 6.45) is 3.39. The van der Waals surface area contributed by atoms with Crippen molar-refractivity contribution in [3.8, 4) is 5.75 Å². The first-order valence-electron chi connectivity index (χ1n) is 10.3. The molecule has 3 N–H and O–H groups in total. The summed E-state index contributed by atoms with van der Waals surface area (Å²) in [7, 11) is 1.64. The molecule has 1 aromatic carbocycles. The number of hydrogen-bond donors (Lipinski definition) is 3. The van der Waals surface area contributed by atoms with E-state index in [1.165, 1.54) is 0 Å². The molecule has 1 aliphatic carbocycles. The van der Waals surface area contributed by atoms with Gasteiger partial charge in [0.05, 0.1) is 12.5 Å². The third-order valence-electron chi connectivity index (χ3n) is 5.28. The van der Waals surface area contributed by atoms with Crippen molar-refractivity contribution in [1.29, 1.82) is 0 Å². The van der Waals surface area contributed by atoms with E-state index in [4.69, 9.17) is 4.74 Å². The van der Waals surface area contributed by atoms with Crippen molar-refractivity contribution in [1.82, 2.24) is 20.3 Å². The lowest BCUT2D eigenvalue weighted by Crippen LogP contribution is -2.37. The second-order valence-corrected chi connectivity index (χ2v) is 7.49. The van der Waals surface area contributed by atoms with Crippen LogP contribution in [0.5, 0.6) is 5.75 Å². The van der Waals surface area contributed by atoms with Crippen LogP contribution < -0.4 is 20.7 Å². The number of nitrogens with zero attached hydrogens (tertiary/aromatic N) is 3. The number of carbonyl (C=O) groups is 1. The van der Waals surface area contributed by atoms with Gasteiger partial charge in [-0.15, -0.1) is 0 Å². The maximum Gasteiger partial charge on any atom is 0.230 e. The molecular formula is C23H26N6O2. The van der Waals surface area contributed by atoms with Gasteiger partial charge in [0.25, 0.3) is 0 Å². The summed E-state index contributed by atoms with van der Waals surface area (Å²) >= 11 is 0. The summed E-state index contributed by atoms with van der Waals surface area (Å²) in [6, 6.07) is 15.2. The van der Waals surface area contributed by atoms with Gasteiger partial charge in [0.2, 0.25) is 5.91 Å². The average molecular weight is 419 g/mol. The minimum absolute atomic E-state index is 0.0372. The lowest BCUT2D eigenvalue weighted by molar-refractivity contribution is -0.123. The number of aromatic nitrogens is 3. The zero-order valence-electron chi connectivity index (χ0n) is 17.7. The number of ether oxygens (including phenoxy) is 1. The minimum Gasteiger partial charge on any atom is -0.496 e. The van der Waals surface area contributed by atoms with Crippen LogP contribution in [0.3, 0.4) is 0 Å². The Hall–Kier alpha value is -3.68. The van der Waals surface area contributed by atoms with Gasteiger partial charge in [-0.2, -0.15) is 0 Å². The van der Waals surface area contributed by atoms with E-state index >= 15 is 0 Å². The summed E-state index contributed by atoms with van der Waals surface area (Å²) in [5, 5.41) is 9.47. The molecule has 1 fully saturated rings. The predicted molar refractivity (Wildman–Crippen MR) is 120 cm³/mol. The van der Waals surface area contributed by atoms with Gasteiger partial charge in [-0.05, 0) is 38.0 Å². The van der Waals surface area contributed by atoms with Gasteiger partial charge in [0.1, 0.15) is 29.0 Å². The molecule has 3 aromatic rings. The van der Waals surface area contributed by atoms with Crippen LogP contribution in [-0.4, -0.2) is 41.1 Å². The molecule has 8 heteroatoms.